The molecule has 0 fully saturated rings. The maximum atomic E-state index is 12.3. The van der Waals surface area contributed by atoms with Gasteiger partial charge in [0.25, 0.3) is 5.91 Å². The van der Waals surface area contributed by atoms with Crippen LogP contribution in [0.15, 0.2) is 54.1 Å². The number of nitrogens with one attached hydrogen (secondary N) is 1. The lowest BCUT2D eigenvalue weighted by Gasteiger charge is -2.09. The average Bonchev–Trinajstić information content (AvgIpc) is 2.61. The van der Waals surface area contributed by atoms with Crippen molar-refractivity contribution in [2.75, 3.05) is 12.4 Å². The number of carbonyl (C=O) groups excluding carboxylic acids is 2. The molecule has 6 nitrogen and oxygen atoms in total. The molecule has 24 heavy (non-hydrogen) atoms. The molecule has 0 heterocycles. The Labute approximate surface area is 138 Å². The topological polar surface area (TPSA) is 99.4 Å². The fourth-order valence-corrected chi connectivity index (χ4v) is 1.96. The van der Waals surface area contributed by atoms with Gasteiger partial charge in [-0.25, -0.2) is 4.79 Å². The summed E-state index contributed by atoms with van der Waals surface area (Å²) in [6.45, 7) is 0. The Morgan fingerprint density at radius 2 is 1.83 bits per heavy atom. The number of ether oxygens (including phenoxy) is 1. The van der Waals surface area contributed by atoms with Crippen molar-refractivity contribution in [2.45, 2.75) is 0 Å². The van der Waals surface area contributed by atoms with Crippen molar-refractivity contribution in [3.63, 3.8) is 0 Å². The summed E-state index contributed by atoms with van der Waals surface area (Å²) in [4.78, 5) is 24.0. The van der Waals surface area contributed by atoms with Crippen molar-refractivity contribution in [1.82, 2.24) is 0 Å². The highest BCUT2D eigenvalue weighted by Gasteiger charge is 2.15. The van der Waals surface area contributed by atoms with E-state index in [-0.39, 0.29) is 22.6 Å². The molecular formula is C18H14N2O4. The number of hydrogen-bond donors (Lipinski definition) is 2. The number of carbonyl (C=O) groups is 2. The molecule has 2 aromatic carbocycles. The SMILES string of the molecule is COC(=O)c1ccccc1NC(=O)C(C#N)=Cc1ccc(O)cc1. The van der Waals surface area contributed by atoms with Crippen LogP contribution in [0, 0.1) is 11.3 Å². The zero-order chi connectivity index (χ0) is 17.5. The molecular weight excluding hydrogens is 308 g/mol. The van der Waals surface area contributed by atoms with Crippen molar-refractivity contribution in [1.29, 1.82) is 5.26 Å². The summed E-state index contributed by atoms with van der Waals surface area (Å²) in [5.41, 5.74) is 0.887. The van der Waals surface area contributed by atoms with Crippen LogP contribution in [-0.2, 0) is 9.53 Å². The molecule has 0 bridgehead atoms. The van der Waals surface area contributed by atoms with Crippen LogP contribution in [0.1, 0.15) is 15.9 Å². The Balaban J connectivity index is 2.26. The Morgan fingerprint density at radius 1 is 1.17 bits per heavy atom. The molecule has 0 saturated carbocycles. The lowest BCUT2D eigenvalue weighted by molar-refractivity contribution is -0.112. The molecule has 0 unspecified atom stereocenters. The summed E-state index contributed by atoms with van der Waals surface area (Å²) in [5.74, 6) is -1.16. The van der Waals surface area contributed by atoms with Crippen LogP contribution >= 0.6 is 0 Å². The van der Waals surface area contributed by atoms with Gasteiger partial charge in [-0.3, -0.25) is 4.79 Å². The van der Waals surface area contributed by atoms with E-state index in [9.17, 15) is 20.0 Å². The number of rotatable bonds is 4. The minimum atomic E-state index is -0.651. The van der Waals surface area contributed by atoms with Gasteiger partial charge < -0.3 is 15.2 Å². The van der Waals surface area contributed by atoms with E-state index >= 15 is 0 Å². The van der Waals surface area contributed by atoms with Crippen LogP contribution in [0.3, 0.4) is 0 Å². The molecule has 6 heteroatoms. The Morgan fingerprint density at radius 3 is 2.46 bits per heavy atom. The van der Waals surface area contributed by atoms with Gasteiger partial charge in [-0.1, -0.05) is 24.3 Å². The Hall–Kier alpha value is -3.59. The van der Waals surface area contributed by atoms with Gasteiger partial charge in [-0.05, 0) is 35.9 Å². The number of nitriles is 1. The normalized spacial score (nSPS) is 10.6. The van der Waals surface area contributed by atoms with E-state index in [4.69, 9.17) is 0 Å². The first-order valence-corrected chi connectivity index (χ1v) is 6.94. The molecule has 1 amide bonds. The molecule has 0 aliphatic heterocycles. The number of phenolic OH excluding ortho intramolecular Hbond substituents is 1. The highest BCUT2D eigenvalue weighted by molar-refractivity contribution is 6.11. The van der Waals surface area contributed by atoms with E-state index in [0.29, 0.717) is 5.56 Å². The predicted molar refractivity (Wildman–Crippen MR) is 88.1 cm³/mol. The number of phenols is 1. The molecule has 0 radical (unpaired) electrons. The van der Waals surface area contributed by atoms with E-state index in [1.54, 1.807) is 30.3 Å². The molecule has 2 rings (SSSR count). The lowest BCUT2D eigenvalue weighted by atomic mass is 10.1. The summed E-state index contributed by atoms with van der Waals surface area (Å²) in [7, 11) is 1.24. The Kier molecular flexibility index (Phi) is 5.32. The van der Waals surface area contributed by atoms with Gasteiger partial charge in [0, 0.05) is 0 Å². The second-order valence-corrected chi connectivity index (χ2v) is 4.75. The van der Waals surface area contributed by atoms with Crippen LogP contribution in [0.5, 0.6) is 5.75 Å². The van der Waals surface area contributed by atoms with Crippen molar-refractivity contribution in [3.8, 4) is 11.8 Å². The summed E-state index contributed by atoms with van der Waals surface area (Å²) in [6.07, 6.45) is 1.38. The maximum Gasteiger partial charge on any atom is 0.339 e. The predicted octanol–water partition coefficient (Wildman–Crippen LogP) is 2.72. The van der Waals surface area contributed by atoms with Gasteiger partial charge in [0.1, 0.15) is 17.4 Å². The molecule has 0 spiro atoms. The highest BCUT2D eigenvalue weighted by Crippen LogP contribution is 2.18. The number of para-hydroxylation sites is 1. The standard InChI is InChI=1S/C18H14N2O4/c1-24-18(23)15-4-2-3-5-16(15)20-17(22)13(11-19)10-12-6-8-14(21)9-7-12/h2-10,21H,1H3,(H,20,22). The van der Waals surface area contributed by atoms with Crippen molar-refractivity contribution in [3.05, 3.63) is 65.2 Å². The molecule has 2 aromatic rings. The quantitative estimate of drug-likeness (QED) is 0.512. The zero-order valence-corrected chi connectivity index (χ0v) is 12.8. The van der Waals surface area contributed by atoms with Crippen molar-refractivity contribution in [2.24, 2.45) is 0 Å². The molecule has 0 saturated heterocycles. The van der Waals surface area contributed by atoms with Crippen LogP contribution in [0.2, 0.25) is 0 Å². The molecule has 0 atom stereocenters. The maximum absolute atomic E-state index is 12.3. The number of amides is 1. The molecule has 0 aliphatic rings. The molecule has 2 N–H and O–H groups in total. The van der Waals surface area contributed by atoms with Gasteiger partial charge in [-0.2, -0.15) is 5.26 Å². The summed E-state index contributed by atoms with van der Waals surface area (Å²) >= 11 is 0. The number of nitrogens with zero attached hydrogens (tertiary/aromatic N) is 1. The first-order chi connectivity index (χ1) is 11.5. The number of anilines is 1. The smallest absolute Gasteiger partial charge is 0.339 e. The van der Waals surface area contributed by atoms with Crippen LogP contribution in [0.25, 0.3) is 6.08 Å². The summed E-state index contributed by atoms with van der Waals surface area (Å²) in [5, 5.41) is 21.0. The number of hydrogen-bond acceptors (Lipinski definition) is 5. The third-order valence-electron chi connectivity index (χ3n) is 3.15. The lowest BCUT2D eigenvalue weighted by Crippen LogP contribution is -2.16. The summed E-state index contributed by atoms with van der Waals surface area (Å²) < 4.78 is 4.66. The number of aromatic hydroxyl groups is 1. The van der Waals surface area contributed by atoms with E-state index in [1.165, 1.54) is 31.4 Å². The van der Waals surface area contributed by atoms with Crippen LogP contribution in [-0.4, -0.2) is 24.1 Å². The zero-order valence-electron chi connectivity index (χ0n) is 12.8. The molecule has 0 aliphatic carbocycles. The van der Waals surface area contributed by atoms with Crippen LogP contribution < -0.4 is 5.32 Å². The van der Waals surface area contributed by atoms with E-state index in [2.05, 4.69) is 10.1 Å². The minimum absolute atomic E-state index is 0.0853. The fraction of sp³-hybridized carbons (Fsp3) is 0.0556. The third kappa shape index (κ3) is 3.99. The van der Waals surface area contributed by atoms with Gasteiger partial charge in [0.2, 0.25) is 0 Å². The highest BCUT2D eigenvalue weighted by atomic mass is 16.5. The van der Waals surface area contributed by atoms with E-state index in [1.807, 2.05) is 6.07 Å². The summed E-state index contributed by atoms with van der Waals surface area (Å²) in [6, 6.07) is 14.2. The van der Waals surface area contributed by atoms with E-state index in [0.717, 1.165) is 0 Å². The largest absolute Gasteiger partial charge is 0.508 e. The molecule has 120 valence electrons. The second kappa shape index (κ2) is 7.61. The van der Waals surface area contributed by atoms with Crippen LogP contribution in [0.4, 0.5) is 5.69 Å². The first kappa shape index (κ1) is 16.8. The van der Waals surface area contributed by atoms with Gasteiger partial charge in [-0.15, -0.1) is 0 Å². The number of methoxy groups -OCH3 is 1. The fourth-order valence-electron chi connectivity index (χ4n) is 1.96. The number of benzene rings is 2. The van der Waals surface area contributed by atoms with Gasteiger partial charge >= 0.3 is 5.97 Å². The van der Waals surface area contributed by atoms with E-state index < -0.39 is 11.9 Å². The minimum Gasteiger partial charge on any atom is -0.508 e. The first-order valence-electron chi connectivity index (χ1n) is 6.94. The average molecular weight is 322 g/mol. The second-order valence-electron chi connectivity index (χ2n) is 4.75. The molecule has 0 aromatic heterocycles. The van der Waals surface area contributed by atoms with Gasteiger partial charge in [0.05, 0.1) is 18.4 Å². The van der Waals surface area contributed by atoms with Crippen molar-refractivity contribution >= 4 is 23.6 Å². The van der Waals surface area contributed by atoms with Crippen molar-refractivity contribution < 1.29 is 19.4 Å². The third-order valence-corrected chi connectivity index (χ3v) is 3.15. The monoisotopic (exact) mass is 322 g/mol. The number of esters is 1. The Bertz CT molecular complexity index is 833. The van der Waals surface area contributed by atoms with Gasteiger partial charge in [0.15, 0.2) is 0 Å².